The summed E-state index contributed by atoms with van der Waals surface area (Å²) in [6.07, 6.45) is 0.319. The molecule has 0 radical (unpaired) electrons. The van der Waals surface area contributed by atoms with Gasteiger partial charge in [-0.25, -0.2) is 0 Å². The van der Waals surface area contributed by atoms with Gasteiger partial charge in [0.25, 0.3) is 11.8 Å². The Bertz CT molecular complexity index is 493. The molecule has 2 atom stereocenters. The summed E-state index contributed by atoms with van der Waals surface area (Å²) in [6, 6.07) is 0. The van der Waals surface area contributed by atoms with Crippen molar-refractivity contribution in [2.24, 2.45) is 11.8 Å². The molecule has 0 saturated heterocycles. The molecule has 0 unspecified atom stereocenters. The molecule has 0 bridgehead atoms. The summed E-state index contributed by atoms with van der Waals surface area (Å²) < 4.78 is 0. The van der Waals surface area contributed by atoms with E-state index in [9.17, 15) is 28.8 Å². The standard InChI is InChI=1S/C16H24N2O6/c1-5-11(19)9(3)13(21)15(23)17-7-8-18-16(24)14(22)10(4)12(20)6-2/h9-10H,5-8H2,1-4H3,(H,17,23)(H,18,24)/t9-,10+. The molecule has 8 heteroatoms. The Kier molecular flexibility index (Phi) is 9.37. The van der Waals surface area contributed by atoms with E-state index in [4.69, 9.17) is 0 Å². The van der Waals surface area contributed by atoms with Gasteiger partial charge < -0.3 is 10.6 Å². The van der Waals surface area contributed by atoms with Crippen LogP contribution in [0.1, 0.15) is 40.5 Å². The van der Waals surface area contributed by atoms with Crippen molar-refractivity contribution in [1.82, 2.24) is 10.6 Å². The first-order valence-corrected chi connectivity index (χ1v) is 7.86. The van der Waals surface area contributed by atoms with Crippen LogP contribution in [-0.4, -0.2) is 48.0 Å². The van der Waals surface area contributed by atoms with E-state index in [1.807, 2.05) is 0 Å². The van der Waals surface area contributed by atoms with E-state index in [0.717, 1.165) is 0 Å². The topological polar surface area (TPSA) is 126 Å². The third-order valence-corrected chi connectivity index (χ3v) is 3.59. The van der Waals surface area contributed by atoms with Crippen LogP contribution in [0.5, 0.6) is 0 Å². The van der Waals surface area contributed by atoms with Crippen LogP contribution in [0.4, 0.5) is 0 Å². The van der Waals surface area contributed by atoms with Gasteiger partial charge in [0.15, 0.2) is 0 Å². The highest BCUT2D eigenvalue weighted by Gasteiger charge is 2.27. The number of carbonyl (C=O) groups excluding carboxylic acids is 6. The molecule has 2 amide bonds. The van der Waals surface area contributed by atoms with Crippen molar-refractivity contribution in [3.8, 4) is 0 Å². The molecule has 8 nitrogen and oxygen atoms in total. The minimum absolute atomic E-state index is 0.0767. The van der Waals surface area contributed by atoms with Crippen molar-refractivity contribution in [2.75, 3.05) is 13.1 Å². The number of hydrogen-bond donors (Lipinski definition) is 2. The minimum atomic E-state index is -1.01. The lowest BCUT2D eigenvalue weighted by atomic mass is 9.99. The van der Waals surface area contributed by atoms with Crippen molar-refractivity contribution >= 4 is 34.9 Å². The van der Waals surface area contributed by atoms with E-state index in [1.165, 1.54) is 13.8 Å². The molecule has 0 aliphatic carbocycles. The van der Waals surface area contributed by atoms with E-state index in [1.54, 1.807) is 13.8 Å². The number of Topliss-reactive ketones (excluding diaryl/α,β-unsaturated/α-hetero) is 4. The number of amides is 2. The molecule has 0 aliphatic rings. The molecule has 0 aromatic heterocycles. The van der Waals surface area contributed by atoms with Gasteiger partial charge in [0.2, 0.25) is 11.6 Å². The normalized spacial score (nSPS) is 12.7. The molecule has 0 spiro atoms. The van der Waals surface area contributed by atoms with Crippen LogP contribution < -0.4 is 10.6 Å². The Hall–Kier alpha value is -2.38. The van der Waals surface area contributed by atoms with Gasteiger partial charge in [0, 0.05) is 25.9 Å². The third-order valence-electron chi connectivity index (χ3n) is 3.59. The molecule has 0 rings (SSSR count). The largest absolute Gasteiger partial charge is 0.348 e. The maximum Gasteiger partial charge on any atom is 0.288 e. The van der Waals surface area contributed by atoms with Crippen molar-refractivity contribution in [3.05, 3.63) is 0 Å². The Morgan fingerprint density at radius 3 is 1.21 bits per heavy atom. The Morgan fingerprint density at radius 2 is 0.958 bits per heavy atom. The zero-order valence-electron chi connectivity index (χ0n) is 14.4. The minimum Gasteiger partial charge on any atom is -0.348 e. The van der Waals surface area contributed by atoms with Crippen molar-refractivity contribution < 1.29 is 28.8 Å². The highest BCUT2D eigenvalue weighted by molar-refractivity contribution is 6.41. The van der Waals surface area contributed by atoms with Gasteiger partial charge in [-0.1, -0.05) is 13.8 Å². The van der Waals surface area contributed by atoms with Gasteiger partial charge in [0.05, 0.1) is 11.8 Å². The Balaban J connectivity index is 4.26. The van der Waals surface area contributed by atoms with Crippen molar-refractivity contribution in [2.45, 2.75) is 40.5 Å². The fourth-order valence-corrected chi connectivity index (χ4v) is 1.82. The molecule has 0 fully saturated rings. The lowest BCUT2D eigenvalue weighted by molar-refractivity contribution is -0.143. The van der Waals surface area contributed by atoms with Crippen LogP contribution in [0.3, 0.4) is 0 Å². The van der Waals surface area contributed by atoms with Gasteiger partial charge in [-0.3, -0.25) is 28.8 Å². The Morgan fingerprint density at radius 1 is 0.667 bits per heavy atom. The smallest absolute Gasteiger partial charge is 0.288 e. The summed E-state index contributed by atoms with van der Waals surface area (Å²) in [5.41, 5.74) is 0. The summed E-state index contributed by atoms with van der Waals surface area (Å²) >= 11 is 0. The monoisotopic (exact) mass is 340 g/mol. The van der Waals surface area contributed by atoms with Crippen LogP contribution >= 0.6 is 0 Å². The summed E-state index contributed by atoms with van der Waals surface area (Å²) in [5, 5.41) is 4.53. The molecule has 0 saturated carbocycles. The highest BCUT2D eigenvalue weighted by atomic mass is 16.2. The van der Waals surface area contributed by atoms with Gasteiger partial charge in [-0.05, 0) is 13.8 Å². The second kappa shape index (κ2) is 10.4. The molecule has 2 N–H and O–H groups in total. The average Bonchev–Trinajstić information content (AvgIpc) is 2.60. The fourth-order valence-electron chi connectivity index (χ4n) is 1.82. The van der Waals surface area contributed by atoms with Crippen molar-refractivity contribution in [3.63, 3.8) is 0 Å². The van der Waals surface area contributed by atoms with Gasteiger partial charge >= 0.3 is 0 Å². The summed E-state index contributed by atoms with van der Waals surface area (Å²) in [4.78, 5) is 69.2. The molecule has 134 valence electrons. The first kappa shape index (κ1) is 21.6. The zero-order valence-corrected chi connectivity index (χ0v) is 14.4. The SMILES string of the molecule is CCC(=O)[C@@H](C)C(=O)C(=O)NCCNC(=O)C(=O)[C@@H](C)C(=O)CC. The van der Waals surface area contributed by atoms with Gasteiger partial charge in [0.1, 0.15) is 11.6 Å². The molecular formula is C16H24N2O6. The highest BCUT2D eigenvalue weighted by Crippen LogP contribution is 2.03. The maximum atomic E-state index is 11.7. The van der Waals surface area contributed by atoms with Crippen LogP contribution in [0.2, 0.25) is 0 Å². The third kappa shape index (κ3) is 6.39. The lowest BCUT2D eigenvalue weighted by Crippen LogP contribution is -2.43. The predicted molar refractivity (Wildman–Crippen MR) is 85.0 cm³/mol. The van der Waals surface area contributed by atoms with E-state index < -0.39 is 35.2 Å². The van der Waals surface area contributed by atoms with Crippen LogP contribution in [0.15, 0.2) is 0 Å². The zero-order chi connectivity index (χ0) is 18.9. The number of ketones is 4. The lowest BCUT2D eigenvalue weighted by Gasteiger charge is -2.10. The van der Waals surface area contributed by atoms with Gasteiger partial charge in [-0.15, -0.1) is 0 Å². The van der Waals surface area contributed by atoms with Gasteiger partial charge in [-0.2, -0.15) is 0 Å². The second-order valence-electron chi connectivity index (χ2n) is 5.32. The van der Waals surface area contributed by atoms with E-state index in [-0.39, 0.29) is 37.5 Å². The first-order valence-electron chi connectivity index (χ1n) is 7.86. The van der Waals surface area contributed by atoms with E-state index in [0.29, 0.717) is 0 Å². The second-order valence-corrected chi connectivity index (χ2v) is 5.32. The fraction of sp³-hybridized carbons (Fsp3) is 0.625. The Labute approximate surface area is 140 Å². The predicted octanol–water partition coefficient (Wildman–Crippen LogP) is -0.413. The van der Waals surface area contributed by atoms with Crippen molar-refractivity contribution in [1.29, 1.82) is 0 Å². The van der Waals surface area contributed by atoms with E-state index in [2.05, 4.69) is 10.6 Å². The quantitative estimate of drug-likeness (QED) is 0.299. The molecule has 24 heavy (non-hydrogen) atoms. The number of hydrogen-bond acceptors (Lipinski definition) is 6. The van der Waals surface area contributed by atoms with E-state index >= 15 is 0 Å². The average molecular weight is 340 g/mol. The summed E-state index contributed by atoms with van der Waals surface area (Å²) in [6.45, 7) is 5.77. The maximum absolute atomic E-state index is 11.7. The summed E-state index contributed by atoms with van der Waals surface area (Å²) in [5.74, 6) is -6.19. The number of rotatable bonds is 11. The molecule has 0 aromatic carbocycles. The molecule has 0 heterocycles. The molecular weight excluding hydrogens is 316 g/mol. The first-order chi connectivity index (χ1) is 11.2. The number of nitrogens with one attached hydrogen (secondary N) is 2. The molecule has 0 aliphatic heterocycles. The van der Waals surface area contributed by atoms with Crippen LogP contribution in [0.25, 0.3) is 0 Å². The van der Waals surface area contributed by atoms with Crippen LogP contribution in [0, 0.1) is 11.8 Å². The summed E-state index contributed by atoms with van der Waals surface area (Å²) in [7, 11) is 0. The van der Waals surface area contributed by atoms with Crippen LogP contribution in [-0.2, 0) is 28.8 Å². The number of carbonyl (C=O) groups is 6. The molecule has 0 aromatic rings.